The summed E-state index contributed by atoms with van der Waals surface area (Å²) in [6, 6.07) is 5.53. The Kier molecular flexibility index (Phi) is 7.61. The van der Waals surface area contributed by atoms with Crippen molar-refractivity contribution in [2.24, 2.45) is 0 Å². The molecule has 0 spiro atoms. The van der Waals surface area contributed by atoms with Crippen molar-refractivity contribution in [3.05, 3.63) is 56.4 Å². The fourth-order valence-electron chi connectivity index (χ4n) is 1.91. The summed E-state index contributed by atoms with van der Waals surface area (Å²) in [5.41, 5.74) is -4.51. The number of hydrogen-bond acceptors (Lipinski definition) is 6. The quantitative estimate of drug-likeness (QED) is 0.520. The maximum atomic E-state index is 11.9. The standard InChI is InChI=1S/C13H10N2O7.Na.H2O/c1-22-7-4-2-6(3-5-7)15-9(12(19)20)8(11(17)18)10(16)14-13(15)21;;/h2-5H,1H3,(H,17,18)(H,19,20)(H,14,16,21);;1H2/q;+1;/p-1. The van der Waals surface area contributed by atoms with Crippen LogP contribution in [0.5, 0.6) is 5.75 Å². The summed E-state index contributed by atoms with van der Waals surface area (Å²) in [5.74, 6) is -3.31. The number of rotatable bonds is 4. The van der Waals surface area contributed by atoms with Gasteiger partial charge >= 0.3 is 41.2 Å². The van der Waals surface area contributed by atoms with Crippen LogP contribution < -0.4 is 50.6 Å². The van der Waals surface area contributed by atoms with Crippen LogP contribution in [-0.2, 0) is 0 Å². The van der Waals surface area contributed by atoms with Crippen molar-refractivity contribution in [3.63, 3.8) is 0 Å². The molecule has 0 amide bonds. The van der Waals surface area contributed by atoms with Crippen molar-refractivity contribution in [2.75, 3.05) is 7.11 Å². The van der Waals surface area contributed by atoms with Crippen molar-refractivity contribution in [2.45, 2.75) is 0 Å². The number of hydrogen-bond donors (Lipinski definition) is 2. The van der Waals surface area contributed by atoms with Crippen LogP contribution in [0.25, 0.3) is 5.69 Å². The molecule has 0 atom stereocenters. The number of carboxylic acids is 2. The number of nitrogens with zero attached hydrogens (tertiary/aromatic N) is 1. The molecule has 1 aromatic carbocycles. The maximum absolute atomic E-state index is 11.9. The van der Waals surface area contributed by atoms with Crippen LogP contribution in [0, 0.1) is 0 Å². The summed E-state index contributed by atoms with van der Waals surface area (Å²) in [4.78, 5) is 47.5. The number of methoxy groups -OCH3 is 1. The number of aromatic carboxylic acids is 2. The molecule has 2 rings (SSSR count). The van der Waals surface area contributed by atoms with E-state index in [0.717, 1.165) is 0 Å². The second-order valence-electron chi connectivity index (χ2n) is 4.11. The van der Waals surface area contributed by atoms with Gasteiger partial charge in [-0.05, 0) is 24.3 Å². The number of nitrogens with one attached hydrogen (secondary N) is 1. The Labute approximate surface area is 155 Å². The molecule has 0 saturated heterocycles. The largest absolute Gasteiger partial charge is 1.00 e. The first-order valence-corrected chi connectivity index (χ1v) is 5.85. The van der Waals surface area contributed by atoms with Gasteiger partial charge in [0.25, 0.3) is 5.56 Å². The van der Waals surface area contributed by atoms with Gasteiger partial charge in [-0.25, -0.2) is 9.59 Å². The Morgan fingerprint density at radius 2 is 1.75 bits per heavy atom. The third kappa shape index (κ3) is 3.92. The van der Waals surface area contributed by atoms with E-state index in [1.165, 1.54) is 31.4 Å². The number of carbonyl (C=O) groups is 2. The number of H-pyrrole nitrogens is 1. The molecule has 0 fully saturated rings. The van der Waals surface area contributed by atoms with Gasteiger partial charge in [0, 0.05) is 0 Å². The molecule has 0 bridgehead atoms. The van der Waals surface area contributed by atoms with Crippen LogP contribution >= 0.6 is 0 Å². The molecule has 2 aromatic rings. The number of aromatic amines is 1. The molecular formula is C13H11N2NaO8. The molecule has 0 aliphatic carbocycles. The molecule has 11 heteroatoms. The summed E-state index contributed by atoms with van der Waals surface area (Å²) in [6.45, 7) is 0. The Morgan fingerprint density at radius 3 is 2.17 bits per heavy atom. The average molecular weight is 346 g/mol. The third-order valence-corrected chi connectivity index (χ3v) is 2.85. The monoisotopic (exact) mass is 346 g/mol. The van der Waals surface area contributed by atoms with Gasteiger partial charge in [-0.15, -0.1) is 0 Å². The van der Waals surface area contributed by atoms with Crippen LogP contribution in [0.15, 0.2) is 33.9 Å². The summed E-state index contributed by atoms with van der Waals surface area (Å²) in [6.07, 6.45) is 0. The number of aromatic nitrogens is 2. The van der Waals surface area contributed by atoms with E-state index in [2.05, 4.69) is 0 Å². The molecule has 0 aliphatic rings. The summed E-state index contributed by atoms with van der Waals surface area (Å²) < 4.78 is 5.47. The van der Waals surface area contributed by atoms with Crippen LogP contribution in [0.1, 0.15) is 20.8 Å². The first-order chi connectivity index (χ1) is 10.4. The van der Waals surface area contributed by atoms with E-state index in [1.807, 2.05) is 0 Å². The summed E-state index contributed by atoms with van der Waals surface area (Å²) >= 11 is 0. The van der Waals surface area contributed by atoms with E-state index >= 15 is 0 Å². The molecule has 10 nitrogen and oxygen atoms in total. The molecule has 4 N–H and O–H groups in total. The van der Waals surface area contributed by atoms with E-state index in [1.54, 1.807) is 4.98 Å². The average Bonchev–Trinajstić information content (AvgIpc) is 2.46. The molecule has 0 saturated carbocycles. The van der Waals surface area contributed by atoms with Crippen LogP contribution in [0.2, 0.25) is 0 Å². The Bertz CT molecular complexity index is 869. The van der Waals surface area contributed by atoms with E-state index in [4.69, 9.17) is 9.84 Å². The molecule has 0 unspecified atom stereocenters. The van der Waals surface area contributed by atoms with Gasteiger partial charge in [-0.2, -0.15) is 0 Å². The van der Waals surface area contributed by atoms with E-state index < -0.39 is 34.4 Å². The molecular weight excluding hydrogens is 335 g/mol. The van der Waals surface area contributed by atoms with Gasteiger partial charge in [0.1, 0.15) is 5.75 Å². The fourth-order valence-corrected chi connectivity index (χ4v) is 1.91. The first-order valence-electron chi connectivity index (χ1n) is 5.85. The van der Waals surface area contributed by atoms with E-state index in [-0.39, 0.29) is 40.7 Å². The SMILES string of the molecule is COc1ccc(-n2c(C(=O)[O-])c(C(=O)O)c(=O)[nH]c2=O)cc1.O.[Na+]. The zero-order valence-corrected chi connectivity index (χ0v) is 14.7. The smallest absolute Gasteiger partial charge is 0.543 e. The van der Waals surface area contributed by atoms with Gasteiger partial charge < -0.3 is 25.2 Å². The summed E-state index contributed by atoms with van der Waals surface area (Å²) in [5, 5.41) is 20.2. The number of benzene rings is 1. The Balaban J connectivity index is 0.00000264. The van der Waals surface area contributed by atoms with E-state index in [9.17, 15) is 24.3 Å². The van der Waals surface area contributed by atoms with Gasteiger partial charge in [0.05, 0.1) is 24.5 Å². The Hall–Kier alpha value is -2.40. The molecule has 122 valence electrons. The van der Waals surface area contributed by atoms with Gasteiger partial charge in [-0.1, -0.05) is 0 Å². The summed E-state index contributed by atoms with van der Waals surface area (Å²) in [7, 11) is 1.41. The molecule has 24 heavy (non-hydrogen) atoms. The van der Waals surface area contributed by atoms with Crippen molar-refractivity contribution in [1.82, 2.24) is 9.55 Å². The first kappa shape index (κ1) is 21.6. The van der Waals surface area contributed by atoms with Crippen molar-refractivity contribution in [3.8, 4) is 11.4 Å². The van der Waals surface area contributed by atoms with Crippen molar-refractivity contribution in [1.29, 1.82) is 0 Å². The molecule has 1 heterocycles. The zero-order chi connectivity index (χ0) is 16.4. The predicted octanol–water partition coefficient (Wildman–Crippen LogP) is -5.22. The minimum atomic E-state index is -1.96. The second-order valence-corrected chi connectivity index (χ2v) is 4.11. The molecule has 0 radical (unpaired) electrons. The normalized spacial score (nSPS) is 9.38. The second kappa shape index (κ2) is 8.45. The minimum Gasteiger partial charge on any atom is -0.543 e. The zero-order valence-electron chi connectivity index (χ0n) is 12.7. The van der Waals surface area contributed by atoms with Crippen LogP contribution in [-0.4, -0.2) is 39.2 Å². The van der Waals surface area contributed by atoms with Crippen molar-refractivity contribution < 1.29 is 59.6 Å². The van der Waals surface area contributed by atoms with Crippen LogP contribution in [0.3, 0.4) is 0 Å². The fraction of sp³-hybridized carbons (Fsp3) is 0.0769. The van der Waals surface area contributed by atoms with Gasteiger partial charge in [-0.3, -0.25) is 14.3 Å². The number of carbonyl (C=O) groups excluding carboxylic acids is 1. The minimum absolute atomic E-state index is 0. The number of ether oxygens (including phenoxy) is 1. The topological polar surface area (TPSA) is 173 Å². The predicted molar refractivity (Wildman–Crippen MR) is 74.1 cm³/mol. The van der Waals surface area contributed by atoms with Crippen LogP contribution in [0.4, 0.5) is 0 Å². The molecule has 1 aromatic heterocycles. The third-order valence-electron chi connectivity index (χ3n) is 2.85. The Morgan fingerprint density at radius 1 is 1.21 bits per heavy atom. The maximum Gasteiger partial charge on any atom is 1.00 e. The molecule has 0 aliphatic heterocycles. The van der Waals surface area contributed by atoms with Gasteiger partial charge in [0.15, 0.2) is 5.56 Å². The van der Waals surface area contributed by atoms with E-state index in [0.29, 0.717) is 10.3 Å². The number of carboxylic acid groups (broad SMARTS) is 2. The van der Waals surface area contributed by atoms with Gasteiger partial charge in [0.2, 0.25) is 0 Å². The van der Waals surface area contributed by atoms with Crippen molar-refractivity contribution >= 4 is 11.9 Å².